The van der Waals surface area contributed by atoms with Gasteiger partial charge >= 0.3 is 0 Å². The van der Waals surface area contributed by atoms with Crippen molar-refractivity contribution in [2.24, 2.45) is 0 Å². The third-order valence-electron chi connectivity index (χ3n) is 5.14. The number of benzene rings is 3. The first-order valence-electron chi connectivity index (χ1n) is 10.2. The first kappa shape index (κ1) is 23.4. The first-order valence-corrected chi connectivity index (χ1v) is 10.9. The molecule has 9 heteroatoms. The number of carbonyl (C=O) groups excluding carboxylic acids is 3. The van der Waals surface area contributed by atoms with E-state index in [0.29, 0.717) is 33.4 Å². The molecular weight excluding hydrogens is 477 g/mol. The molecule has 1 heterocycles. The second-order valence-electron chi connectivity index (χ2n) is 7.45. The van der Waals surface area contributed by atoms with Crippen molar-refractivity contribution in [1.82, 2.24) is 0 Å². The van der Waals surface area contributed by atoms with E-state index in [1.165, 1.54) is 7.11 Å². The number of imide groups is 1. The Labute approximate surface area is 205 Å². The maximum Gasteiger partial charge on any atom is 0.283 e. The van der Waals surface area contributed by atoms with Crippen LogP contribution in [0.4, 0.5) is 17.1 Å². The van der Waals surface area contributed by atoms with Crippen LogP contribution in [0.3, 0.4) is 0 Å². The van der Waals surface area contributed by atoms with Gasteiger partial charge in [0.2, 0.25) is 0 Å². The summed E-state index contributed by atoms with van der Waals surface area (Å²) in [4.78, 5) is 39.4. The summed E-state index contributed by atoms with van der Waals surface area (Å²) in [5.41, 5.74) is 2.43. The Bertz CT molecular complexity index is 1340. The summed E-state index contributed by atoms with van der Waals surface area (Å²) in [7, 11) is 1.46. The fourth-order valence-electron chi connectivity index (χ4n) is 3.41. The largest absolute Gasteiger partial charge is 0.495 e. The number of carbonyl (C=O) groups is 3. The smallest absolute Gasteiger partial charge is 0.283 e. The minimum atomic E-state index is -0.659. The average Bonchev–Trinajstić information content (AvgIpc) is 3.04. The van der Waals surface area contributed by atoms with E-state index >= 15 is 0 Å². The van der Waals surface area contributed by atoms with Crippen LogP contribution in [-0.2, 0) is 9.59 Å². The van der Waals surface area contributed by atoms with Gasteiger partial charge in [0.1, 0.15) is 16.5 Å². The zero-order valence-electron chi connectivity index (χ0n) is 18.2. The SMILES string of the molecule is COc1ccc(C)cc1N1C(=O)C(Cl)=C(Nc2ccc(C(=O)Nc3ccccc3Cl)cc2)C1=O. The van der Waals surface area contributed by atoms with Crippen molar-refractivity contribution >= 4 is 58.0 Å². The molecule has 0 saturated carbocycles. The van der Waals surface area contributed by atoms with E-state index in [-0.39, 0.29) is 16.6 Å². The highest BCUT2D eigenvalue weighted by atomic mass is 35.5. The standard InChI is InChI=1S/C25H19Cl2N3O4/c1-14-7-12-20(34-2)19(13-14)30-24(32)21(27)22(25(30)33)28-16-10-8-15(9-11-16)23(31)29-18-6-4-3-5-17(18)26/h3-13,28H,1-2H3,(H,29,31). The lowest BCUT2D eigenvalue weighted by Crippen LogP contribution is -2.32. The monoisotopic (exact) mass is 495 g/mol. The molecular formula is C25H19Cl2N3O4. The molecule has 0 spiro atoms. The maximum absolute atomic E-state index is 13.1. The van der Waals surface area contributed by atoms with Crippen molar-refractivity contribution in [2.45, 2.75) is 6.92 Å². The van der Waals surface area contributed by atoms with E-state index in [9.17, 15) is 14.4 Å². The van der Waals surface area contributed by atoms with Crippen LogP contribution in [0.15, 0.2) is 77.5 Å². The van der Waals surface area contributed by atoms with Gasteiger partial charge in [0.15, 0.2) is 0 Å². The normalized spacial score (nSPS) is 13.4. The van der Waals surface area contributed by atoms with Crippen LogP contribution in [0.25, 0.3) is 0 Å². The zero-order valence-corrected chi connectivity index (χ0v) is 19.7. The fraction of sp³-hybridized carbons (Fsp3) is 0.0800. The number of methoxy groups -OCH3 is 1. The van der Waals surface area contributed by atoms with E-state index in [1.807, 2.05) is 13.0 Å². The van der Waals surface area contributed by atoms with Crippen molar-refractivity contribution < 1.29 is 19.1 Å². The summed E-state index contributed by atoms with van der Waals surface area (Å²) in [5.74, 6) is -1.25. The summed E-state index contributed by atoms with van der Waals surface area (Å²) in [6.07, 6.45) is 0. The highest BCUT2D eigenvalue weighted by molar-refractivity contribution is 6.53. The van der Waals surface area contributed by atoms with Gasteiger partial charge in [0, 0.05) is 11.3 Å². The third kappa shape index (κ3) is 4.48. The summed E-state index contributed by atoms with van der Waals surface area (Å²) < 4.78 is 5.31. The van der Waals surface area contributed by atoms with E-state index in [1.54, 1.807) is 60.7 Å². The number of hydrogen-bond donors (Lipinski definition) is 2. The molecule has 0 radical (unpaired) electrons. The quantitative estimate of drug-likeness (QED) is 0.450. The van der Waals surface area contributed by atoms with E-state index < -0.39 is 11.8 Å². The lowest BCUT2D eigenvalue weighted by molar-refractivity contribution is -0.120. The van der Waals surface area contributed by atoms with Gasteiger partial charge in [-0.3, -0.25) is 14.4 Å². The lowest BCUT2D eigenvalue weighted by Gasteiger charge is -2.18. The maximum atomic E-state index is 13.1. The predicted octanol–water partition coefficient (Wildman–Crippen LogP) is 5.35. The number of nitrogens with zero attached hydrogens (tertiary/aromatic N) is 1. The average molecular weight is 496 g/mol. The summed E-state index contributed by atoms with van der Waals surface area (Å²) in [6.45, 7) is 1.84. The van der Waals surface area contributed by atoms with Crippen LogP contribution in [-0.4, -0.2) is 24.8 Å². The lowest BCUT2D eigenvalue weighted by atomic mass is 10.1. The van der Waals surface area contributed by atoms with Crippen LogP contribution in [0, 0.1) is 6.92 Å². The number of para-hydroxylation sites is 1. The number of amides is 3. The molecule has 0 aliphatic carbocycles. The number of hydrogen-bond acceptors (Lipinski definition) is 5. The Balaban J connectivity index is 1.52. The van der Waals surface area contributed by atoms with Gasteiger partial charge in [-0.05, 0) is 61.0 Å². The van der Waals surface area contributed by atoms with E-state index in [2.05, 4.69) is 10.6 Å². The second kappa shape index (κ2) is 9.59. The van der Waals surface area contributed by atoms with Crippen LogP contribution in [0.2, 0.25) is 5.02 Å². The number of halogens is 2. The molecule has 172 valence electrons. The van der Waals surface area contributed by atoms with Crippen molar-refractivity contribution in [3.63, 3.8) is 0 Å². The molecule has 0 atom stereocenters. The van der Waals surface area contributed by atoms with Gasteiger partial charge in [0.25, 0.3) is 17.7 Å². The topological polar surface area (TPSA) is 87.7 Å². The molecule has 3 aromatic carbocycles. The molecule has 0 fully saturated rings. The molecule has 3 aromatic rings. The number of ether oxygens (including phenoxy) is 1. The van der Waals surface area contributed by atoms with Crippen LogP contribution >= 0.6 is 23.2 Å². The minimum absolute atomic E-state index is 0.0662. The molecule has 2 N–H and O–H groups in total. The Morgan fingerprint density at radius 1 is 0.941 bits per heavy atom. The van der Waals surface area contributed by atoms with Crippen molar-refractivity contribution in [1.29, 1.82) is 0 Å². The fourth-order valence-corrected chi connectivity index (χ4v) is 3.81. The van der Waals surface area contributed by atoms with Gasteiger partial charge in [-0.25, -0.2) is 4.90 Å². The van der Waals surface area contributed by atoms with E-state index in [0.717, 1.165) is 10.5 Å². The predicted molar refractivity (Wildman–Crippen MR) is 133 cm³/mol. The van der Waals surface area contributed by atoms with Crippen LogP contribution in [0.5, 0.6) is 5.75 Å². The van der Waals surface area contributed by atoms with Crippen LogP contribution in [0.1, 0.15) is 15.9 Å². The Morgan fingerprint density at radius 3 is 2.32 bits per heavy atom. The molecule has 3 amide bonds. The molecule has 4 rings (SSSR count). The molecule has 0 bridgehead atoms. The molecule has 0 saturated heterocycles. The highest BCUT2D eigenvalue weighted by Gasteiger charge is 2.40. The Kier molecular flexibility index (Phi) is 6.58. The van der Waals surface area contributed by atoms with Gasteiger partial charge < -0.3 is 15.4 Å². The van der Waals surface area contributed by atoms with Gasteiger partial charge in [-0.1, -0.05) is 41.4 Å². The van der Waals surface area contributed by atoms with Crippen molar-refractivity contribution in [3.8, 4) is 5.75 Å². The summed E-state index contributed by atoms with van der Waals surface area (Å²) >= 11 is 12.3. The summed E-state index contributed by atoms with van der Waals surface area (Å²) in [5, 5.41) is 5.81. The number of aryl methyl sites for hydroxylation is 1. The highest BCUT2D eigenvalue weighted by Crippen LogP contribution is 2.36. The van der Waals surface area contributed by atoms with Crippen LogP contribution < -0.4 is 20.3 Å². The number of rotatable bonds is 6. The molecule has 34 heavy (non-hydrogen) atoms. The number of nitrogens with one attached hydrogen (secondary N) is 2. The molecule has 1 aliphatic heterocycles. The van der Waals surface area contributed by atoms with Gasteiger partial charge in [-0.15, -0.1) is 0 Å². The minimum Gasteiger partial charge on any atom is -0.495 e. The Morgan fingerprint density at radius 2 is 1.65 bits per heavy atom. The van der Waals surface area contributed by atoms with Crippen molar-refractivity contribution in [2.75, 3.05) is 22.6 Å². The Hall–Kier alpha value is -3.81. The first-order chi connectivity index (χ1) is 16.3. The van der Waals surface area contributed by atoms with Gasteiger partial charge in [0.05, 0.1) is 23.5 Å². The van der Waals surface area contributed by atoms with Crippen molar-refractivity contribution in [3.05, 3.63) is 93.6 Å². The summed E-state index contributed by atoms with van der Waals surface area (Å²) in [6, 6.07) is 18.4. The third-order valence-corrected chi connectivity index (χ3v) is 5.82. The van der Waals surface area contributed by atoms with E-state index in [4.69, 9.17) is 27.9 Å². The molecule has 0 unspecified atom stereocenters. The zero-order chi connectivity index (χ0) is 24.4. The second-order valence-corrected chi connectivity index (χ2v) is 8.23. The number of anilines is 3. The molecule has 7 nitrogen and oxygen atoms in total. The molecule has 1 aliphatic rings. The molecule has 0 aromatic heterocycles. The van der Waals surface area contributed by atoms with Gasteiger partial charge in [-0.2, -0.15) is 0 Å².